The zero-order valence-corrected chi connectivity index (χ0v) is 5.58. The summed E-state index contributed by atoms with van der Waals surface area (Å²) < 4.78 is 0. The van der Waals surface area contributed by atoms with Crippen LogP contribution in [0.1, 0.15) is 0 Å². The molecule has 3 N–H and O–H groups in total. The summed E-state index contributed by atoms with van der Waals surface area (Å²) in [5.41, 5.74) is 4.53. The third-order valence-corrected chi connectivity index (χ3v) is 0.697. The molecule has 1 rings (SSSR count). The van der Waals surface area contributed by atoms with Crippen molar-refractivity contribution in [3.8, 4) is 0 Å². The quantitative estimate of drug-likeness (QED) is 0.550. The first-order valence-electron chi connectivity index (χ1n) is 2.77. The minimum Gasteiger partial charge on any atom is -0.368 e. The Labute approximate surface area is 59.6 Å². The second-order valence-corrected chi connectivity index (χ2v) is 1.49. The maximum Gasteiger partial charge on any atom is 0.240 e. The number of carbonyl (C=O) groups is 1. The lowest BCUT2D eigenvalue weighted by molar-refractivity contribution is -0.113. The highest BCUT2D eigenvalue weighted by Gasteiger charge is 1.69. The molecule has 0 unspecified atom stereocenters. The SMILES string of the molecule is C=CC(N)=O.c1cc[nH]c1. The summed E-state index contributed by atoms with van der Waals surface area (Å²) in [6, 6.07) is 3.89. The number of aromatic amines is 1. The first-order valence-corrected chi connectivity index (χ1v) is 2.77. The van der Waals surface area contributed by atoms with Gasteiger partial charge < -0.3 is 10.7 Å². The fourth-order valence-electron chi connectivity index (χ4n) is 0.278. The standard InChI is InChI=1S/C4H5N.C3H5NO/c1-2-4-5-3-1;1-2-3(4)5/h1-5H;2H,1H2,(H2,4,5). The monoisotopic (exact) mass is 138 g/mol. The Morgan fingerprint density at radius 2 is 1.90 bits per heavy atom. The molecule has 0 fully saturated rings. The smallest absolute Gasteiger partial charge is 0.240 e. The lowest BCUT2D eigenvalue weighted by Gasteiger charge is -1.65. The second kappa shape index (κ2) is 5.62. The van der Waals surface area contributed by atoms with Gasteiger partial charge in [0.1, 0.15) is 0 Å². The van der Waals surface area contributed by atoms with Gasteiger partial charge in [-0.15, -0.1) is 0 Å². The van der Waals surface area contributed by atoms with Gasteiger partial charge in [0, 0.05) is 12.4 Å². The highest BCUT2D eigenvalue weighted by molar-refractivity contribution is 5.84. The molecule has 0 aliphatic rings. The number of nitrogens with one attached hydrogen (secondary N) is 1. The Hall–Kier alpha value is -1.51. The molecule has 0 aliphatic heterocycles. The van der Waals surface area contributed by atoms with E-state index in [9.17, 15) is 4.79 Å². The molecule has 54 valence electrons. The molecular weight excluding hydrogens is 128 g/mol. The number of primary amides is 1. The van der Waals surface area contributed by atoms with Crippen molar-refractivity contribution in [3.05, 3.63) is 37.2 Å². The Morgan fingerprint density at radius 3 is 2.00 bits per heavy atom. The van der Waals surface area contributed by atoms with Crippen LogP contribution in [0.3, 0.4) is 0 Å². The largest absolute Gasteiger partial charge is 0.368 e. The summed E-state index contributed by atoms with van der Waals surface area (Å²) in [5.74, 6) is -0.481. The number of hydrogen-bond acceptors (Lipinski definition) is 1. The minimum atomic E-state index is -0.481. The normalized spacial score (nSPS) is 7.20. The van der Waals surface area contributed by atoms with Crippen molar-refractivity contribution >= 4 is 5.91 Å². The van der Waals surface area contributed by atoms with Gasteiger partial charge in [0.05, 0.1) is 0 Å². The Bertz CT molecular complexity index is 162. The van der Waals surface area contributed by atoms with E-state index in [0.29, 0.717) is 0 Å². The summed E-state index contributed by atoms with van der Waals surface area (Å²) in [6.45, 7) is 3.09. The van der Waals surface area contributed by atoms with Gasteiger partial charge in [-0.3, -0.25) is 4.79 Å². The van der Waals surface area contributed by atoms with E-state index in [1.54, 1.807) is 0 Å². The molecule has 0 saturated heterocycles. The molecule has 1 aromatic rings. The second-order valence-electron chi connectivity index (χ2n) is 1.49. The van der Waals surface area contributed by atoms with Crippen LogP contribution in [0.2, 0.25) is 0 Å². The van der Waals surface area contributed by atoms with Crippen LogP contribution in [-0.2, 0) is 4.79 Å². The average molecular weight is 138 g/mol. The molecule has 3 nitrogen and oxygen atoms in total. The van der Waals surface area contributed by atoms with Crippen LogP contribution in [0.4, 0.5) is 0 Å². The summed E-state index contributed by atoms with van der Waals surface area (Å²) >= 11 is 0. The zero-order valence-electron chi connectivity index (χ0n) is 5.58. The van der Waals surface area contributed by atoms with Crippen molar-refractivity contribution < 1.29 is 4.79 Å². The topological polar surface area (TPSA) is 58.9 Å². The molecule has 0 atom stereocenters. The number of rotatable bonds is 1. The van der Waals surface area contributed by atoms with Gasteiger partial charge in [-0.1, -0.05) is 6.58 Å². The lowest BCUT2D eigenvalue weighted by Crippen LogP contribution is -2.04. The Kier molecular flexibility index (Phi) is 4.77. The lowest BCUT2D eigenvalue weighted by atomic mass is 10.6. The Balaban J connectivity index is 0.000000162. The maximum atomic E-state index is 9.47. The van der Waals surface area contributed by atoms with E-state index < -0.39 is 5.91 Å². The molecule has 0 saturated carbocycles. The number of nitrogens with two attached hydrogens (primary N) is 1. The zero-order chi connectivity index (χ0) is 7.82. The first kappa shape index (κ1) is 8.49. The van der Waals surface area contributed by atoms with Gasteiger partial charge in [-0.25, -0.2) is 0 Å². The van der Waals surface area contributed by atoms with Crippen molar-refractivity contribution in [1.29, 1.82) is 0 Å². The molecule has 0 aromatic carbocycles. The predicted molar refractivity (Wildman–Crippen MR) is 40.2 cm³/mol. The minimum absolute atomic E-state index is 0.481. The van der Waals surface area contributed by atoms with Crippen molar-refractivity contribution in [2.24, 2.45) is 5.73 Å². The molecular formula is C7H10N2O. The molecule has 0 radical (unpaired) electrons. The van der Waals surface area contributed by atoms with Crippen molar-refractivity contribution in [1.82, 2.24) is 4.98 Å². The van der Waals surface area contributed by atoms with E-state index in [1.165, 1.54) is 0 Å². The summed E-state index contributed by atoms with van der Waals surface area (Å²) in [6.07, 6.45) is 4.81. The van der Waals surface area contributed by atoms with Crippen LogP contribution in [0.25, 0.3) is 0 Å². The number of hydrogen-bond donors (Lipinski definition) is 2. The van der Waals surface area contributed by atoms with Crippen molar-refractivity contribution in [2.45, 2.75) is 0 Å². The molecule has 1 aromatic heterocycles. The predicted octanol–water partition coefficient (Wildman–Crippen LogP) is 0.672. The van der Waals surface area contributed by atoms with Crippen LogP contribution >= 0.6 is 0 Å². The van der Waals surface area contributed by atoms with Crippen LogP contribution < -0.4 is 5.73 Å². The number of carbonyl (C=O) groups excluding carboxylic acids is 1. The van der Waals surface area contributed by atoms with Gasteiger partial charge in [-0.05, 0) is 18.2 Å². The van der Waals surface area contributed by atoms with E-state index in [-0.39, 0.29) is 0 Å². The van der Waals surface area contributed by atoms with E-state index in [4.69, 9.17) is 0 Å². The maximum absolute atomic E-state index is 9.47. The first-order chi connectivity index (χ1) is 4.77. The molecule has 0 aliphatic carbocycles. The third-order valence-electron chi connectivity index (χ3n) is 0.697. The van der Waals surface area contributed by atoms with Crippen LogP contribution in [0.15, 0.2) is 37.2 Å². The van der Waals surface area contributed by atoms with Gasteiger partial charge >= 0.3 is 0 Å². The number of aromatic nitrogens is 1. The van der Waals surface area contributed by atoms with E-state index in [0.717, 1.165) is 6.08 Å². The highest BCUT2D eigenvalue weighted by atomic mass is 16.1. The molecule has 3 heteroatoms. The van der Waals surface area contributed by atoms with E-state index in [1.807, 2.05) is 24.5 Å². The van der Waals surface area contributed by atoms with E-state index in [2.05, 4.69) is 17.3 Å². The van der Waals surface area contributed by atoms with Crippen LogP contribution in [0.5, 0.6) is 0 Å². The molecule has 0 bridgehead atoms. The molecule has 1 amide bonds. The van der Waals surface area contributed by atoms with Gasteiger partial charge in [0.25, 0.3) is 0 Å². The van der Waals surface area contributed by atoms with Gasteiger partial charge in [0.2, 0.25) is 5.91 Å². The number of H-pyrrole nitrogens is 1. The fraction of sp³-hybridized carbons (Fsp3) is 0. The summed E-state index contributed by atoms with van der Waals surface area (Å²) in [5, 5.41) is 0. The van der Waals surface area contributed by atoms with Crippen LogP contribution in [-0.4, -0.2) is 10.9 Å². The van der Waals surface area contributed by atoms with E-state index >= 15 is 0 Å². The average Bonchev–Trinajstić information content (AvgIpc) is 2.43. The van der Waals surface area contributed by atoms with Crippen LogP contribution in [0, 0.1) is 0 Å². The molecule has 0 spiro atoms. The fourth-order valence-corrected chi connectivity index (χ4v) is 0.278. The van der Waals surface area contributed by atoms with Gasteiger partial charge in [0.15, 0.2) is 0 Å². The third kappa shape index (κ3) is 6.49. The van der Waals surface area contributed by atoms with Crippen molar-refractivity contribution in [3.63, 3.8) is 0 Å². The molecule has 1 heterocycles. The van der Waals surface area contributed by atoms with Gasteiger partial charge in [-0.2, -0.15) is 0 Å². The van der Waals surface area contributed by atoms with Crippen molar-refractivity contribution in [2.75, 3.05) is 0 Å². The Morgan fingerprint density at radius 1 is 1.50 bits per heavy atom. The summed E-state index contributed by atoms with van der Waals surface area (Å²) in [7, 11) is 0. The summed E-state index contributed by atoms with van der Waals surface area (Å²) in [4.78, 5) is 12.3. The number of amides is 1. The molecule has 10 heavy (non-hydrogen) atoms. The highest BCUT2D eigenvalue weighted by Crippen LogP contribution is 1.72.